The second-order valence-corrected chi connectivity index (χ2v) is 12.0. The van der Waals surface area contributed by atoms with Gasteiger partial charge in [0.2, 0.25) is 17.7 Å². The van der Waals surface area contributed by atoms with Gasteiger partial charge in [-0.3, -0.25) is 24.1 Å². The van der Waals surface area contributed by atoms with Crippen molar-refractivity contribution in [2.45, 2.75) is 71.1 Å². The van der Waals surface area contributed by atoms with Gasteiger partial charge < -0.3 is 25.6 Å². The van der Waals surface area contributed by atoms with E-state index >= 15 is 0 Å². The number of benzene rings is 2. The largest absolute Gasteiger partial charge is 0.491 e. The third-order valence-corrected chi connectivity index (χ3v) is 7.89. The number of nitrogens with zero attached hydrogens (tertiary/aromatic N) is 2. The molecule has 2 aromatic carbocycles. The molecule has 10 nitrogen and oxygen atoms in total. The van der Waals surface area contributed by atoms with Crippen molar-refractivity contribution in [3.05, 3.63) is 65.2 Å². The number of nitrogens with one attached hydrogen (secondary N) is 3. The molecule has 2 heterocycles. The van der Waals surface area contributed by atoms with Crippen LogP contribution in [0.5, 0.6) is 5.75 Å². The number of likely N-dealkylation sites (N-methyl/N-ethyl adjacent to an activating group) is 1. The number of likely N-dealkylation sites (tertiary alicyclic amines) is 1. The predicted molar refractivity (Wildman–Crippen MR) is 164 cm³/mol. The van der Waals surface area contributed by atoms with Gasteiger partial charge in [0.25, 0.3) is 5.91 Å². The van der Waals surface area contributed by atoms with E-state index in [0.29, 0.717) is 12.2 Å². The monoisotopic (exact) mass is 591 g/mol. The van der Waals surface area contributed by atoms with E-state index < -0.39 is 29.8 Å². The minimum absolute atomic E-state index is 0.148. The first kappa shape index (κ1) is 32.0. The molecule has 0 saturated carbocycles. The van der Waals surface area contributed by atoms with E-state index in [1.807, 2.05) is 26.0 Å². The average molecular weight is 592 g/mol. The number of ether oxygens (including phenoxy) is 1. The highest BCUT2D eigenvalue weighted by Crippen LogP contribution is 2.19. The molecular weight excluding hydrogens is 546 g/mol. The lowest BCUT2D eigenvalue weighted by atomic mass is 10.0. The Bertz CT molecular complexity index is 1260. The minimum Gasteiger partial charge on any atom is -0.491 e. The first-order valence-corrected chi connectivity index (χ1v) is 15.3. The molecule has 10 heteroatoms. The van der Waals surface area contributed by atoms with Crippen molar-refractivity contribution in [2.75, 3.05) is 33.3 Å². The fourth-order valence-corrected chi connectivity index (χ4v) is 5.48. The van der Waals surface area contributed by atoms with Gasteiger partial charge in [-0.2, -0.15) is 0 Å². The lowest BCUT2D eigenvalue weighted by Gasteiger charge is -2.27. The smallest absolute Gasteiger partial charge is 0.255 e. The molecule has 0 unspecified atom stereocenters. The molecule has 3 N–H and O–H groups in total. The van der Waals surface area contributed by atoms with Crippen molar-refractivity contribution < 1.29 is 23.9 Å². The maximum absolute atomic E-state index is 13.4. The van der Waals surface area contributed by atoms with Crippen LogP contribution in [0.3, 0.4) is 0 Å². The number of hydrogen-bond acceptors (Lipinski definition) is 6. The molecule has 4 amide bonds. The third-order valence-electron chi connectivity index (χ3n) is 7.89. The molecule has 0 aliphatic carbocycles. The van der Waals surface area contributed by atoms with E-state index in [1.54, 1.807) is 31.3 Å². The second kappa shape index (κ2) is 15.5. The molecule has 0 bridgehead atoms. The van der Waals surface area contributed by atoms with Gasteiger partial charge in [-0.15, -0.1) is 0 Å². The first-order valence-electron chi connectivity index (χ1n) is 15.3. The van der Waals surface area contributed by atoms with Gasteiger partial charge in [-0.25, -0.2) is 0 Å². The average Bonchev–Trinajstić information content (AvgIpc) is 2.99. The maximum Gasteiger partial charge on any atom is 0.255 e. The molecule has 232 valence electrons. The standard InChI is InChI=1S/C33H45N5O5/c1-23(2)19-28-33(42)37(3)17-18-43-29-10-6-5-9-26(29)31(40)36-27(20-30(39)35-28)32(41)34-21-24-11-13-25(14-12-24)22-38-15-7-4-8-16-38/h5-6,9-14,23,27-28H,4,7-8,15-22H2,1-3H3,(H,34,41)(H,35,39)(H,36,40)/t27-,28+/m0/s1. The number of carbonyl (C=O) groups is 4. The molecule has 0 spiro atoms. The Morgan fingerprint density at radius 2 is 1.65 bits per heavy atom. The maximum atomic E-state index is 13.4. The van der Waals surface area contributed by atoms with E-state index in [1.165, 1.54) is 29.7 Å². The highest BCUT2D eigenvalue weighted by Gasteiger charge is 2.30. The lowest BCUT2D eigenvalue weighted by molar-refractivity contribution is -0.136. The molecule has 4 rings (SSSR count). The molecular formula is C33H45N5O5. The second-order valence-electron chi connectivity index (χ2n) is 12.0. The van der Waals surface area contributed by atoms with Crippen LogP contribution in [-0.4, -0.2) is 78.8 Å². The summed E-state index contributed by atoms with van der Waals surface area (Å²) in [6.45, 7) is 7.80. The van der Waals surface area contributed by atoms with Crippen LogP contribution in [0.25, 0.3) is 0 Å². The Morgan fingerprint density at radius 3 is 2.37 bits per heavy atom. The summed E-state index contributed by atoms with van der Waals surface area (Å²) in [5, 5.41) is 8.42. The lowest BCUT2D eigenvalue weighted by Crippen LogP contribution is -2.53. The Kier molecular flexibility index (Phi) is 11.6. The van der Waals surface area contributed by atoms with E-state index in [2.05, 4.69) is 33.0 Å². The number of fused-ring (bicyclic) bond motifs is 1. The van der Waals surface area contributed by atoms with Crippen molar-refractivity contribution in [3.63, 3.8) is 0 Å². The van der Waals surface area contributed by atoms with Crippen LogP contribution >= 0.6 is 0 Å². The SMILES string of the molecule is CC(C)C[C@H]1NC(=O)C[C@@H](C(=O)NCc2ccc(CN3CCCCC3)cc2)NC(=O)c2ccccc2OCCN(C)C1=O. The van der Waals surface area contributed by atoms with Crippen LogP contribution < -0.4 is 20.7 Å². The van der Waals surface area contributed by atoms with Gasteiger partial charge >= 0.3 is 0 Å². The summed E-state index contributed by atoms with van der Waals surface area (Å²) < 4.78 is 5.87. The number of hydrogen-bond donors (Lipinski definition) is 3. The Labute approximate surface area is 254 Å². The number of piperidine rings is 1. The van der Waals surface area contributed by atoms with Crippen LogP contribution in [-0.2, 0) is 27.5 Å². The van der Waals surface area contributed by atoms with Crippen LogP contribution in [0.2, 0.25) is 0 Å². The molecule has 2 aliphatic rings. The predicted octanol–water partition coefficient (Wildman–Crippen LogP) is 2.86. The van der Waals surface area contributed by atoms with E-state index in [-0.39, 0.29) is 43.5 Å². The van der Waals surface area contributed by atoms with Crippen LogP contribution in [0.15, 0.2) is 48.5 Å². The Morgan fingerprint density at radius 1 is 0.953 bits per heavy atom. The molecule has 0 aromatic heterocycles. The number of rotatable bonds is 7. The topological polar surface area (TPSA) is 120 Å². The highest BCUT2D eigenvalue weighted by molar-refractivity contribution is 6.01. The zero-order valence-electron chi connectivity index (χ0n) is 25.6. The molecule has 2 atom stereocenters. The van der Waals surface area contributed by atoms with Crippen LogP contribution in [0, 0.1) is 5.92 Å². The fourth-order valence-electron chi connectivity index (χ4n) is 5.48. The van der Waals surface area contributed by atoms with Gasteiger partial charge in [0.15, 0.2) is 0 Å². The third kappa shape index (κ3) is 9.54. The van der Waals surface area contributed by atoms with Gasteiger partial charge in [-0.1, -0.05) is 56.7 Å². The number of para-hydroxylation sites is 1. The Balaban J connectivity index is 1.48. The zero-order chi connectivity index (χ0) is 30.8. The molecule has 1 fully saturated rings. The highest BCUT2D eigenvalue weighted by atomic mass is 16.5. The van der Waals surface area contributed by atoms with E-state index in [9.17, 15) is 19.2 Å². The van der Waals surface area contributed by atoms with Crippen LogP contribution in [0.1, 0.15) is 67.4 Å². The van der Waals surface area contributed by atoms with Gasteiger partial charge in [0.05, 0.1) is 18.5 Å². The normalized spacial score (nSPS) is 20.8. The molecule has 1 saturated heterocycles. The van der Waals surface area contributed by atoms with Crippen molar-refractivity contribution in [3.8, 4) is 5.75 Å². The number of carbonyl (C=O) groups excluding carboxylic acids is 4. The summed E-state index contributed by atoms with van der Waals surface area (Å²) >= 11 is 0. The molecule has 2 aliphatic heterocycles. The molecule has 2 aromatic rings. The molecule has 0 radical (unpaired) electrons. The summed E-state index contributed by atoms with van der Waals surface area (Å²) in [5.41, 5.74) is 2.38. The molecule has 43 heavy (non-hydrogen) atoms. The van der Waals surface area contributed by atoms with Crippen molar-refractivity contribution in [1.29, 1.82) is 0 Å². The van der Waals surface area contributed by atoms with Gasteiger partial charge in [-0.05, 0) is 61.5 Å². The zero-order valence-corrected chi connectivity index (χ0v) is 25.6. The number of amides is 4. The quantitative estimate of drug-likeness (QED) is 0.456. The summed E-state index contributed by atoms with van der Waals surface area (Å²) in [4.78, 5) is 57.1. The van der Waals surface area contributed by atoms with Crippen molar-refractivity contribution in [2.24, 2.45) is 5.92 Å². The van der Waals surface area contributed by atoms with E-state index in [0.717, 1.165) is 25.2 Å². The summed E-state index contributed by atoms with van der Waals surface area (Å²) in [6, 6.07) is 12.9. The summed E-state index contributed by atoms with van der Waals surface area (Å²) in [6.07, 6.45) is 3.90. The first-order chi connectivity index (χ1) is 20.7. The minimum atomic E-state index is -1.16. The van der Waals surface area contributed by atoms with Gasteiger partial charge in [0.1, 0.15) is 24.4 Å². The van der Waals surface area contributed by atoms with Crippen molar-refractivity contribution in [1.82, 2.24) is 25.8 Å². The van der Waals surface area contributed by atoms with E-state index in [4.69, 9.17) is 4.74 Å². The van der Waals surface area contributed by atoms with Crippen molar-refractivity contribution >= 4 is 23.6 Å². The van der Waals surface area contributed by atoms with Gasteiger partial charge in [0, 0.05) is 20.1 Å². The fraction of sp³-hybridized carbons (Fsp3) is 0.515. The van der Waals surface area contributed by atoms with Crippen LogP contribution in [0.4, 0.5) is 0 Å². The Hall–Kier alpha value is -3.92. The summed E-state index contributed by atoms with van der Waals surface area (Å²) in [7, 11) is 1.66. The summed E-state index contributed by atoms with van der Waals surface area (Å²) in [5.74, 6) is -1.25.